The fraction of sp³-hybridized carbons (Fsp3) is 0.355. The Morgan fingerprint density at radius 2 is 1.57 bits per heavy atom. The van der Waals surface area contributed by atoms with Crippen LogP contribution in [0.25, 0.3) is 0 Å². The van der Waals surface area contributed by atoms with Gasteiger partial charge in [0.05, 0.1) is 0 Å². The zero-order valence-corrected chi connectivity index (χ0v) is 23.8. The number of carbonyl (C=O) groups is 2. The smallest absolute Gasteiger partial charge is 0.261 e. The van der Waals surface area contributed by atoms with E-state index >= 15 is 0 Å². The van der Waals surface area contributed by atoms with Crippen molar-refractivity contribution in [2.75, 3.05) is 13.2 Å². The second-order valence-corrected chi connectivity index (χ2v) is 11.1. The Labute approximate surface area is 229 Å². The minimum Gasteiger partial charge on any atom is -0.483 e. The molecule has 37 heavy (non-hydrogen) atoms. The molecule has 196 valence electrons. The van der Waals surface area contributed by atoms with Gasteiger partial charge < -0.3 is 15.0 Å². The van der Waals surface area contributed by atoms with Crippen LogP contribution >= 0.6 is 15.9 Å². The zero-order valence-electron chi connectivity index (χ0n) is 22.2. The molecule has 0 aliphatic heterocycles. The Morgan fingerprint density at radius 1 is 0.919 bits per heavy atom. The van der Waals surface area contributed by atoms with Crippen LogP contribution in [-0.2, 0) is 28.0 Å². The number of ether oxygens (including phenoxy) is 1. The van der Waals surface area contributed by atoms with Crippen LogP contribution in [0.15, 0.2) is 83.3 Å². The highest BCUT2D eigenvalue weighted by atomic mass is 79.9. The predicted molar refractivity (Wildman–Crippen MR) is 153 cm³/mol. The summed E-state index contributed by atoms with van der Waals surface area (Å²) in [5.41, 5.74) is 2.83. The molecule has 0 heterocycles. The van der Waals surface area contributed by atoms with Crippen LogP contribution in [0, 0.1) is 0 Å². The van der Waals surface area contributed by atoms with Gasteiger partial charge in [-0.2, -0.15) is 0 Å². The van der Waals surface area contributed by atoms with Gasteiger partial charge in [-0.25, -0.2) is 0 Å². The lowest BCUT2D eigenvalue weighted by Crippen LogP contribution is -2.51. The molecule has 0 saturated heterocycles. The van der Waals surface area contributed by atoms with Crippen LogP contribution in [-0.4, -0.2) is 35.9 Å². The Bertz CT molecular complexity index is 1160. The van der Waals surface area contributed by atoms with E-state index in [1.165, 1.54) is 0 Å². The van der Waals surface area contributed by atoms with Crippen LogP contribution in [0.5, 0.6) is 5.75 Å². The molecule has 1 N–H and O–H groups in total. The second-order valence-electron chi connectivity index (χ2n) is 10.2. The summed E-state index contributed by atoms with van der Waals surface area (Å²) in [6.45, 7) is 9.06. The first-order valence-corrected chi connectivity index (χ1v) is 13.6. The maximum Gasteiger partial charge on any atom is 0.261 e. The number of hydrogen-bond acceptors (Lipinski definition) is 3. The van der Waals surface area contributed by atoms with Gasteiger partial charge in [0.15, 0.2) is 6.61 Å². The third-order valence-electron chi connectivity index (χ3n) is 6.13. The van der Waals surface area contributed by atoms with Gasteiger partial charge in [0.1, 0.15) is 11.8 Å². The van der Waals surface area contributed by atoms with Crippen molar-refractivity contribution in [2.24, 2.45) is 0 Å². The standard InChI is InChI=1S/C31H37BrN2O3/c1-5-19-33-30(36)27(20-23-11-7-6-8-12-23)34(21-24-15-17-25(32)18-16-24)29(35)22-37-28-14-10-9-13-26(28)31(2,3)4/h6-18,27H,5,19-22H2,1-4H3,(H,33,36). The van der Waals surface area contributed by atoms with Crippen LogP contribution in [0.2, 0.25) is 0 Å². The fourth-order valence-electron chi connectivity index (χ4n) is 4.14. The largest absolute Gasteiger partial charge is 0.483 e. The minimum absolute atomic E-state index is 0.132. The molecule has 5 nitrogen and oxygen atoms in total. The van der Waals surface area contributed by atoms with Crippen LogP contribution in [0.3, 0.4) is 0 Å². The number of nitrogens with one attached hydrogen (secondary N) is 1. The molecule has 0 aromatic heterocycles. The van der Waals surface area contributed by atoms with E-state index in [4.69, 9.17) is 4.74 Å². The van der Waals surface area contributed by atoms with Crippen LogP contribution in [0.4, 0.5) is 0 Å². The van der Waals surface area contributed by atoms with Crippen molar-refractivity contribution in [1.82, 2.24) is 10.2 Å². The SMILES string of the molecule is CCCNC(=O)C(Cc1ccccc1)N(Cc1ccc(Br)cc1)C(=O)COc1ccccc1C(C)(C)C. The zero-order chi connectivity index (χ0) is 26.8. The first kappa shape index (κ1) is 28.5. The first-order valence-electron chi connectivity index (χ1n) is 12.8. The van der Waals surface area contributed by atoms with E-state index < -0.39 is 6.04 Å². The van der Waals surface area contributed by atoms with Gasteiger partial charge in [0, 0.05) is 24.0 Å². The summed E-state index contributed by atoms with van der Waals surface area (Å²) in [4.78, 5) is 28.8. The highest BCUT2D eigenvalue weighted by Crippen LogP contribution is 2.31. The third kappa shape index (κ3) is 8.46. The molecule has 6 heteroatoms. The van der Waals surface area contributed by atoms with Crippen molar-refractivity contribution >= 4 is 27.7 Å². The minimum atomic E-state index is -0.674. The van der Waals surface area contributed by atoms with Crippen molar-refractivity contribution in [2.45, 2.75) is 58.5 Å². The van der Waals surface area contributed by atoms with Crippen LogP contribution < -0.4 is 10.1 Å². The van der Waals surface area contributed by atoms with E-state index in [0.29, 0.717) is 25.3 Å². The lowest BCUT2D eigenvalue weighted by molar-refractivity contribution is -0.142. The summed E-state index contributed by atoms with van der Waals surface area (Å²) >= 11 is 3.47. The van der Waals surface area contributed by atoms with Crippen molar-refractivity contribution in [3.8, 4) is 5.75 Å². The van der Waals surface area contributed by atoms with E-state index in [-0.39, 0.29) is 23.8 Å². The molecular formula is C31H37BrN2O3. The Balaban J connectivity index is 1.92. The number of carbonyl (C=O) groups excluding carboxylic acids is 2. The lowest BCUT2D eigenvalue weighted by Gasteiger charge is -2.32. The average molecular weight is 566 g/mol. The molecule has 0 fully saturated rings. The summed E-state index contributed by atoms with van der Waals surface area (Å²) in [6.07, 6.45) is 1.23. The monoisotopic (exact) mass is 564 g/mol. The predicted octanol–water partition coefficient (Wildman–Crippen LogP) is 6.29. The molecule has 0 saturated carbocycles. The molecule has 0 aliphatic rings. The van der Waals surface area contributed by atoms with Gasteiger partial charge in [0.25, 0.3) is 5.91 Å². The molecule has 3 rings (SSSR count). The number of amides is 2. The Morgan fingerprint density at radius 3 is 2.22 bits per heavy atom. The van der Waals surface area contributed by atoms with E-state index in [9.17, 15) is 9.59 Å². The normalized spacial score (nSPS) is 12.0. The summed E-state index contributed by atoms with van der Waals surface area (Å²) in [5.74, 6) is 0.285. The second kappa shape index (κ2) is 13.4. The van der Waals surface area contributed by atoms with Gasteiger partial charge >= 0.3 is 0 Å². The summed E-state index contributed by atoms with van der Waals surface area (Å²) in [6, 6.07) is 24.7. The quantitative estimate of drug-likeness (QED) is 0.297. The summed E-state index contributed by atoms with van der Waals surface area (Å²) < 4.78 is 7.05. The molecule has 3 aromatic rings. The van der Waals surface area contributed by atoms with E-state index in [1.54, 1.807) is 4.90 Å². The molecule has 1 unspecified atom stereocenters. The van der Waals surface area contributed by atoms with Crippen molar-refractivity contribution in [1.29, 1.82) is 0 Å². The van der Waals surface area contributed by atoms with E-state index in [2.05, 4.69) is 42.0 Å². The highest BCUT2D eigenvalue weighted by molar-refractivity contribution is 9.10. The van der Waals surface area contributed by atoms with Gasteiger partial charge in [0.2, 0.25) is 5.91 Å². The van der Waals surface area contributed by atoms with Gasteiger partial charge in [-0.05, 0) is 46.7 Å². The molecule has 1 atom stereocenters. The third-order valence-corrected chi connectivity index (χ3v) is 6.66. The maximum atomic E-state index is 13.8. The molecule has 2 amide bonds. The van der Waals surface area contributed by atoms with E-state index in [0.717, 1.165) is 27.6 Å². The van der Waals surface area contributed by atoms with Gasteiger partial charge in [-0.1, -0.05) is 104 Å². The topological polar surface area (TPSA) is 58.6 Å². The number of para-hydroxylation sites is 1. The van der Waals surface area contributed by atoms with Crippen molar-refractivity contribution in [3.63, 3.8) is 0 Å². The Hall–Kier alpha value is -3.12. The average Bonchev–Trinajstić information content (AvgIpc) is 2.89. The summed E-state index contributed by atoms with van der Waals surface area (Å²) in [7, 11) is 0. The number of halogens is 1. The molecule has 3 aromatic carbocycles. The van der Waals surface area contributed by atoms with Gasteiger partial charge in [-0.3, -0.25) is 9.59 Å². The first-order chi connectivity index (χ1) is 17.7. The Kier molecular flexibility index (Phi) is 10.3. The van der Waals surface area contributed by atoms with Gasteiger partial charge in [-0.15, -0.1) is 0 Å². The van der Waals surface area contributed by atoms with Crippen molar-refractivity contribution < 1.29 is 14.3 Å². The van der Waals surface area contributed by atoms with Crippen molar-refractivity contribution in [3.05, 3.63) is 100 Å². The van der Waals surface area contributed by atoms with Crippen LogP contribution in [0.1, 0.15) is 50.8 Å². The number of nitrogens with zero attached hydrogens (tertiary/aromatic N) is 1. The molecule has 0 radical (unpaired) electrons. The number of benzene rings is 3. The molecule has 0 aliphatic carbocycles. The maximum absolute atomic E-state index is 13.8. The summed E-state index contributed by atoms with van der Waals surface area (Å²) in [5, 5.41) is 3.00. The number of rotatable bonds is 11. The fourth-order valence-corrected chi connectivity index (χ4v) is 4.41. The molecule has 0 bridgehead atoms. The molecular weight excluding hydrogens is 528 g/mol. The highest BCUT2D eigenvalue weighted by Gasteiger charge is 2.31. The lowest BCUT2D eigenvalue weighted by atomic mass is 9.86. The number of hydrogen-bond donors (Lipinski definition) is 1. The van der Waals surface area contributed by atoms with E-state index in [1.807, 2.05) is 85.8 Å². The molecule has 0 spiro atoms.